The molecule has 86 valence electrons. The van der Waals surface area contributed by atoms with Crippen molar-refractivity contribution in [3.8, 4) is 0 Å². The number of halogens is 1. The third-order valence-corrected chi connectivity index (χ3v) is 2.31. The van der Waals surface area contributed by atoms with Gasteiger partial charge >= 0.3 is 5.97 Å². The molecule has 0 aliphatic heterocycles. The molecule has 0 aliphatic rings. The average molecular weight is 231 g/mol. The summed E-state index contributed by atoms with van der Waals surface area (Å²) < 4.78 is 5.17. The molecule has 0 aromatic heterocycles. The van der Waals surface area contributed by atoms with E-state index in [9.17, 15) is 4.79 Å². The lowest BCUT2D eigenvalue weighted by atomic mass is 9.97. The summed E-state index contributed by atoms with van der Waals surface area (Å²) in [6, 6.07) is 0. The van der Waals surface area contributed by atoms with Crippen molar-refractivity contribution in [2.45, 2.75) is 44.6 Å². The summed E-state index contributed by atoms with van der Waals surface area (Å²) in [4.78, 5) is 10.9. The summed E-state index contributed by atoms with van der Waals surface area (Å²) in [5.41, 5.74) is 0.331. The van der Waals surface area contributed by atoms with Crippen LogP contribution in [0.1, 0.15) is 33.6 Å². The smallest absolute Gasteiger partial charge is 0.303 e. The predicted molar refractivity (Wildman–Crippen MR) is 64.1 cm³/mol. The van der Waals surface area contributed by atoms with E-state index in [2.05, 4.69) is 13.2 Å². The Balaban J connectivity index is 4.35. The second-order valence-corrected chi connectivity index (χ2v) is 4.69. The second kappa shape index (κ2) is 5.96. The number of hydrogen-bond donors (Lipinski definition) is 0. The van der Waals surface area contributed by atoms with Gasteiger partial charge in [-0.2, -0.15) is 0 Å². The van der Waals surface area contributed by atoms with Gasteiger partial charge in [0.2, 0.25) is 0 Å². The molecule has 2 nitrogen and oxygen atoms in total. The fraction of sp³-hybridized carbons (Fsp3) is 0.583. The first kappa shape index (κ1) is 14.2. The Labute approximate surface area is 97.0 Å². The molecule has 0 rings (SSSR count). The fourth-order valence-corrected chi connectivity index (χ4v) is 1.95. The number of ether oxygens (including phenoxy) is 1. The zero-order chi connectivity index (χ0) is 12.1. The SMILES string of the molecule is C=CC(C)(CC(Cl)CC(=C)C)OC(C)=O. The van der Waals surface area contributed by atoms with Crippen molar-refractivity contribution < 1.29 is 9.53 Å². The molecule has 0 aliphatic carbocycles. The van der Waals surface area contributed by atoms with Gasteiger partial charge in [-0.1, -0.05) is 12.2 Å². The molecule has 2 atom stereocenters. The zero-order valence-electron chi connectivity index (χ0n) is 9.68. The summed E-state index contributed by atoms with van der Waals surface area (Å²) >= 11 is 6.12. The van der Waals surface area contributed by atoms with Crippen LogP contribution in [0, 0.1) is 0 Å². The lowest BCUT2D eigenvalue weighted by Crippen LogP contribution is -2.31. The molecule has 0 saturated heterocycles. The highest BCUT2D eigenvalue weighted by molar-refractivity contribution is 6.20. The minimum absolute atomic E-state index is 0.0927. The Hall–Kier alpha value is -0.760. The number of hydrogen-bond acceptors (Lipinski definition) is 2. The maximum atomic E-state index is 10.9. The molecule has 0 heterocycles. The molecule has 3 heteroatoms. The van der Waals surface area contributed by atoms with Gasteiger partial charge in [0, 0.05) is 18.7 Å². The quantitative estimate of drug-likeness (QED) is 0.397. The Morgan fingerprint density at radius 1 is 1.60 bits per heavy atom. The Morgan fingerprint density at radius 2 is 2.13 bits per heavy atom. The predicted octanol–water partition coefficient (Wildman–Crippen LogP) is 3.46. The van der Waals surface area contributed by atoms with Crippen LogP contribution >= 0.6 is 11.6 Å². The first-order chi connectivity index (χ1) is 6.79. The highest BCUT2D eigenvalue weighted by atomic mass is 35.5. The van der Waals surface area contributed by atoms with Gasteiger partial charge in [-0.05, 0) is 26.3 Å². The number of rotatable bonds is 6. The van der Waals surface area contributed by atoms with Crippen LogP contribution in [0.25, 0.3) is 0 Å². The zero-order valence-corrected chi connectivity index (χ0v) is 10.4. The first-order valence-electron chi connectivity index (χ1n) is 4.90. The van der Waals surface area contributed by atoms with Crippen LogP contribution in [0.3, 0.4) is 0 Å². The van der Waals surface area contributed by atoms with Gasteiger partial charge in [0.25, 0.3) is 0 Å². The van der Waals surface area contributed by atoms with E-state index in [0.717, 1.165) is 5.57 Å². The normalized spacial score (nSPS) is 16.3. The third-order valence-electron chi connectivity index (χ3n) is 2.01. The molecule has 2 unspecified atom stereocenters. The molecule has 0 bridgehead atoms. The van der Waals surface area contributed by atoms with Crippen LogP contribution in [0.4, 0.5) is 0 Å². The summed E-state index contributed by atoms with van der Waals surface area (Å²) in [6.07, 6.45) is 2.87. The Kier molecular flexibility index (Phi) is 5.66. The van der Waals surface area contributed by atoms with Crippen molar-refractivity contribution >= 4 is 17.6 Å². The monoisotopic (exact) mass is 230 g/mol. The van der Waals surface area contributed by atoms with Crippen molar-refractivity contribution in [3.05, 3.63) is 24.8 Å². The standard InChI is InChI=1S/C12H19ClO2/c1-6-12(5,15-10(4)14)8-11(13)7-9(2)3/h6,11H,1-2,7-8H2,3-5H3. The average Bonchev–Trinajstić information content (AvgIpc) is 2.00. The van der Waals surface area contributed by atoms with Gasteiger partial charge in [-0.25, -0.2) is 0 Å². The highest BCUT2D eigenvalue weighted by Crippen LogP contribution is 2.25. The number of carbonyl (C=O) groups excluding carboxylic acids is 1. The van der Waals surface area contributed by atoms with E-state index >= 15 is 0 Å². The van der Waals surface area contributed by atoms with Crippen LogP contribution < -0.4 is 0 Å². The van der Waals surface area contributed by atoms with Gasteiger partial charge < -0.3 is 4.74 Å². The molecule has 0 spiro atoms. The minimum Gasteiger partial charge on any atom is -0.455 e. The number of alkyl halides is 1. The van der Waals surface area contributed by atoms with E-state index in [1.54, 1.807) is 13.0 Å². The van der Waals surface area contributed by atoms with Crippen molar-refractivity contribution in [1.29, 1.82) is 0 Å². The molecule has 0 amide bonds. The van der Waals surface area contributed by atoms with E-state index in [4.69, 9.17) is 16.3 Å². The Morgan fingerprint density at radius 3 is 2.47 bits per heavy atom. The molecular weight excluding hydrogens is 212 g/mol. The molecule has 0 aromatic carbocycles. The highest BCUT2D eigenvalue weighted by Gasteiger charge is 2.27. The number of esters is 1. The van der Waals surface area contributed by atoms with Crippen molar-refractivity contribution in [2.75, 3.05) is 0 Å². The van der Waals surface area contributed by atoms with Crippen molar-refractivity contribution in [2.24, 2.45) is 0 Å². The summed E-state index contributed by atoms with van der Waals surface area (Å²) in [5, 5.41) is -0.0927. The lowest BCUT2D eigenvalue weighted by molar-refractivity contribution is -0.151. The number of carbonyl (C=O) groups is 1. The molecule has 0 N–H and O–H groups in total. The molecule has 15 heavy (non-hydrogen) atoms. The van der Waals surface area contributed by atoms with Crippen molar-refractivity contribution in [3.63, 3.8) is 0 Å². The summed E-state index contributed by atoms with van der Waals surface area (Å²) in [5.74, 6) is -0.323. The molecule has 0 aromatic rings. The van der Waals surface area contributed by atoms with Crippen LogP contribution in [-0.4, -0.2) is 16.9 Å². The maximum absolute atomic E-state index is 10.9. The van der Waals surface area contributed by atoms with E-state index < -0.39 is 5.60 Å². The molecule has 0 fully saturated rings. The first-order valence-corrected chi connectivity index (χ1v) is 5.34. The van der Waals surface area contributed by atoms with Gasteiger partial charge in [0.1, 0.15) is 5.60 Å². The second-order valence-electron chi connectivity index (χ2n) is 4.07. The van der Waals surface area contributed by atoms with Crippen LogP contribution in [-0.2, 0) is 9.53 Å². The van der Waals surface area contributed by atoms with Crippen LogP contribution in [0.5, 0.6) is 0 Å². The lowest BCUT2D eigenvalue weighted by Gasteiger charge is -2.27. The van der Waals surface area contributed by atoms with E-state index in [1.165, 1.54) is 6.92 Å². The topological polar surface area (TPSA) is 26.3 Å². The fourth-order valence-electron chi connectivity index (χ4n) is 1.39. The van der Waals surface area contributed by atoms with Gasteiger partial charge in [0.05, 0.1) is 0 Å². The van der Waals surface area contributed by atoms with E-state index in [-0.39, 0.29) is 11.3 Å². The minimum atomic E-state index is -0.687. The third kappa shape index (κ3) is 6.34. The van der Waals surface area contributed by atoms with Crippen LogP contribution in [0.2, 0.25) is 0 Å². The van der Waals surface area contributed by atoms with E-state index in [0.29, 0.717) is 12.8 Å². The summed E-state index contributed by atoms with van der Waals surface area (Å²) in [6.45, 7) is 12.6. The largest absolute Gasteiger partial charge is 0.455 e. The summed E-state index contributed by atoms with van der Waals surface area (Å²) in [7, 11) is 0. The van der Waals surface area contributed by atoms with Gasteiger partial charge in [-0.3, -0.25) is 4.79 Å². The maximum Gasteiger partial charge on any atom is 0.303 e. The van der Waals surface area contributed by atoms with Crippen molar-refractivity contribution in [1.82, 2.24) is 0 Å². The van der Waals surface area contributed by atoms with E-state index in [1.807, 2.05) is 6.92 Å². The Bertz CT molecular complexity index is 260. The molecule has 0 saturated carbocycles. The van der Waals surface area contributed by atoms with Crippen LogP contribution in [0.15, 0.2) is 24.8 Å². The molecular formula is C12H19ClO2. The number of allylic oxidation sites excluding steroid dienone is 1. The molecule has 0 radical (unpaired) electrons. The van der Waals surface area contributed by atoms with Gasteiger partial charge in [-0.15, -0.1) is 18.2 Å². The van der Waals surface area contributed by atoms with Gasteiger partial charge in [0.15, 0.2) is 0 Å².